The molecule has 0 unspecified atom stereocenters. The highest BCUT2D eigenvalue weighted by atomic mass is 32.2. The van der Waals surface area contributed by atoms with Crippen LogP contribution in [0.1, 0.15) is 41.3 Å². The average molecular weight is 438 g/mol. The first kappa shape index (κ1) is 21.5. The van der Waals surface area contributed by atoms with Crippen molar-refractivity contribution in [2.75, 3.05) is 26.2 Å². The highest BCUT2D eigenvalue weighted by Gasteiger charge is 2.31. The van der Waals surface area contributed by atoms with Gasteiger partial charge in [0.05, 0.1) is 5.52 Å². The zero-order valence-corrected chi connectivity index (χ0v) is 18.9. The minimum Gasteiger partial charge on any atom is -0.336 e. The first-order valence-electron chi connectivity index (χ1n) is 10.5. The Bertz CT molecular complexity index is 1210. The molecule has 0 spiro atoms. The van der Waals surface area contributed by atoms with Crippen molar-refractivity contribution in [1.29, 1.82) is 0 Å². The van der Waals surface area contributed by atoms with Crippen molar-refractivity contribution in [1.82, 2.24) is 14.2 Å². The third kappa shape index (κ3) is 4.20. The SMILES string of the molecule is Cc1cnc2c(S(=O)(=O)N3CCN(C(=O)c4ccc(C(C)C)cc4)CC3)cccc2c1. The van der Waals surface area contributed by atoms with Crippen LogP contribution in [-0.2, 0) is 10.0 Å². The van der Waals surface area contributed by atoms with Crippen molar-refractivity contribution in [2.24, 2.45) is 0 Å². The van der Waals surface area contributed by atoms with E-state index in [1.807, 2.05) is 43.3 Å². The van der Waals surface area contributed by atoms with Crippen molar-refractivity contribution >= 4 is 26.8 Å². The monoisotopic (exact) mass is 437 g/mol. The third-order valence-electron chi connectivity index (χ3n) is 5.78. The molecule has 1 saturated heterocycles. The van der Waals surface area contributed by atoms with Crippen LogP contribution in [0.15, 0.2) is 59.6 Å². The summed E-state index contributed by atoms with van der Waals surface area (Å²) in [5.74, 6) is 0.347. The third-order valence-corrected chi connectivity index (χ3v) is 7.71. The molecule has 0 N–H and O–H groups in total. The average Bonchev–Trinajstić information content (AvgIpc) is 2.78. The number of hydrogen-bond acceptors (Lipinski definition) is 4. The number of para-hydroxylation sites is 1. The van der Waals surface area contributed by atoms with E-state index in [0.717, 1.165) is 10.9 Å². The number of fused-ring (bicyclic) bond motifs is 1. The van der Waals surface area contributed by atoms with E-state index in [1.165, 1.54) is 9.87 Å². The molecular formula is C24H27N3O3S. The van der Waals surface area contributed by atoms with Gasteiger partial charge in [-0.2, -0.15) is 4.31 Å². The van der Waals surface area contributed by atoms with Crippen LogP contribution in [0, 0.1) is 6.92 Å². The van der Waals surface area contributed by atoms with E-state index in [-0.39, 0.29) is 23.9 Å². The van der Waals surface area contributed by atoms with Gasteiger partial charge in [-0.3, -0.25) is 9.78 Å². The number of piperazine rings is 1. The van der Waals surface area contributed by atoms with Crippen molar-refractivity contribution in [3.8, 4) is 0 Å². The number of sulfonamides is 1. The Morgan fingerprint density at radius 1 is 1.00 bits per heavy atom. The van der Waals surface area contributed by atoms with E-state index in [4.69, 9.17) is 0 Å². The minimum atomic E-state index is -3.70. The van der Waals surface area contributed by atoms with Gasteiger partial charge in [0.1, 0.15) is 4.90 Å². The number of amides is 1. The van der Waals surface area contributed by atoms with Crippen LogP contribution < -0.4 is 0 Å². The molecule has 6 nitrogen and oxygen atoms in total. The summed E-state index contributed by atoms with van der Waals surface area (Å²) in [4.78, 5) is 19.2. The maximum absolute atomic E-state index is 13.3. The lowest BCUT2D eigenvalue weighted by Crippen LogP contribution is -2.50. The lowest BCUT2D eigenvalue weighted by atomic mass is 10.0. The fourth-order valence-electron chi connectivity index (χ4n) is 3.91. The van der Waals surface area contributed by atoms with Crippen LogP contribution in [0.25, 0.3) is 10.9 Å². The molecule has 162 valence electrons. The molecule has 0 radical (unpaired) electrons. The number of rotatable bonds is 4. The van der Waals surface area contributed by atoms with Gasteiger partial charge < -0.3 is 4.90 Å². The molecule has 0 atom stereocenters. The van der Waals surface area contributed by atoms with Gasteiger partial charge in [-0.25, -0.2) is 8.42 Å². The van der Waals surface area contributed by atoms with Crippen LogP contribution in [0.5, 0.6) is 0 Å². The summed E-state index contributed by atoms with van der Waals surface area (Å²) in [6.07, 6.45) is 1.68. The zero-order chi connectivity index (χ0) is 22.2. The fourth-order valence-corrected chi connectivity index (χ4v) is 5.50. The molecule has 2 aromatic carbocycles. The van der Waals surface area contributed by atoms with Gasteiger partial charge in [-0.15, -0.1) is 0 Å². The van der Waals surface area contributed by atoms with Crippen molar-refractivity contribution in [2.45, 2.75) is 31.6 Å². The second kappa shape index (κ2) is 8.40. The summed E-state index contributed by atoms with van der Waals surface area (Å²) in [6, 6.07) is 14.8. The van der Waals surface area contributed by atoms with E-state index in [0.29, 0.717) is 30.1 Å². The quantitative estimate of drug-likeness (QED) is 0.622. The molecule has 1 aliphatic rings. The van der Waals surface area contributed by atoms with E-state index >= 15 is 0 Å². The van der Waals surface area contributed by atoms with Crippen LogP contribution >= 0.6 is 0 Å². The van der Waals surface area contributed by atoms with Crippen molar-refractivity contribution < 1.29 is 13.2 Å². The maximum atomic E-state index is 13.3. The molecule has 31 heavy (non-hydrogen) atoms. The van der Waals surface area contributed by atoms with Gasteiger partial charge in [-0.05, 0) is 48.2 Å². The Kier molecular flexibility index (Phi) is 5.81. The summed E-state index contributed by atoms with van der Waals surface area (Å²) in [5, 5.41) is 0.805. The standard InChI is InChI=1S/C24H27N3O3S/c1-17(2)19-7-9-20(10-8-19)24(28)26-11-13-27(14-12-26)31(29,30)22-6-4-5-21-15-18(3)16-25-23(21)22/h4-10,15-17H,11-14H2,1-3H3. The van der Waals surface area contributed by atoms with Gasteiger partial charge in [0, 0.05) is 43.3 Å². The summed E-state index contributed by atoms with van der Waals surface area (Å²) in [5.41, 5.74) is 3.29. The Labute approximate surface area is 183 Å². The van der Waals surface area contributed by atoms with Gasteiger partial charge in [0.2, 0.25) is 10.0 Å². The Morgan fingerprint density at radius 3 is 2.32 bits per heavy atom. The number of hydrogen-bond donors (Lipinski definition) is 0. The largest absolute Gasteiger partial charge is 0.336 e. The number of carbonyl (C=O) groups excluding carboxylic acids is 1. The first-order valence-corrected chi connectivity index (χ1v) is 12.0. The molecule has 0 aliphatic carbocycles. The van der Waals surface area contributed by atoms with Crippen LogP contribution in [0.2, 0.25) is 0 Å². The predicted molar refractivity (Wildman–Crippen MR) is 122 cm³/mol. The molecule has 1 fully saturated rings. The zero-order valence-electron chi connectivity index (χ0n) is 18.1. The normalized spacial score (nSPS) is 15.5. The van der Waals surface area contributed by atoms with Gasteiger partial charge in [-0.1, -0.05) is 38.1 Å². The predicted octanol–water partition coefficient (Wildman–Crippen LogP) is 3.81. The van der Waals surface area contributed by atoms with Crippen LogP contribution in [-0.4, -0.2) is 54.7 Å². The number of aryl methyl sites for hydroxylation is 1. The smallest absolute Gasteiger partial charge is 0.253 e. The second-order valence-corrected chi connectivity index (χ2v) is 10.2. The van der Waals surface area contributed by atoms with E-state index in [2.05, 4.69) is 18.8 Å². The lowest BCUT2D eigenvalue weighted by molar-refractivity contribution is 0.0698. The molecule has 7 heteroatoms. The molecule has 3 aromatic rings. The Morgan fingerprint density at radius 2 is 1.68 bits per heavy atom. The fraction of sp³-hybridized carbons (Fsp3) is 0.333. The number of pyridine rings is 1. The van der Waals surface area contributed by atoms with Crippen molar-refractivity contribution in [3.05, 3.63) is 71.4 Å². The molecule has 4 rings (SSSR count). The summed E-state index contributed by atoms with van der Waals surface area (Å²) >= 11 is 0. The Balaban J connectivity index is 1.50. The topological polar surface area (TPSA) is 70.6 Å². The van der Waals surface area contributed by atoms with Crippen molar-refractivity contribution in [3.63, 3.8) is 0 Å². The number of aromatic nitrogens is 1. The summed E-state index contributed by atoms with van der Waals surface area (Å²) in [6.45, 7) is 7.41. The van der Waals surface area contributed by atoms with E-state index < -0.39 is 10.0 Å². The highest BCUT2D eigenvalue weighted by Crippen LogP contribution is 2.26. The maximum Gasteiger partial charge on any atom is 0.253 e. The number of nitrogens with zero attached hydrogens (tertiary/aromatic N) is 3. The number of carbonyl (C=O) groups is 1. The summed E-state index contributed by atoms with van der Waals surface area (Å²) in [7, 11) is -3.70. The van der Waals surface area contributed by atoms with Crippen LogP contribution in [0.4, 0.5) is 0 Å². The summed E-state index contributed by atoms with van der Waals surface area (Å²) < 4.78 is 28.1. The molecule has 0 saturated carbocycles. The van der Waals surface area contributed by atoms with E-state index in [1.54, 1.807) is 23.2 Å². The molecule has 1 amide bonds. The number of benzene rings is 2. The molecule has 2 heterocycles. The molecule has 1 aromatic heterocycles. The Hall–Kier alpha value is -2.77. The van der Waals surface area contributed by atoms with Gasteiger partial charge in [0.15, 0.2) is 0 Å². The lowest BCUT2D eigenvalue weighted by Gasteiger charge is -2.34. The highest BCUT2D eigenvalue weighted by molar-refractivity contribution is 7.89. The van der Waals surface area contributed by atoms with Gasteiger partial charge >= 0.3 is 0 Å². The van der Waals surface area contributed by atoms with Crippen LogP contribution in [0.3, 0.4) is 0 Å². The van der Waals surface area contributed by atoms with E-state index in [9.17, 15) is 13.2 Å². The second-order valence-electron chi connectivity index (χ2n) is 8.31. The molecule has 1 aliphatic heterocycles. The van der Waals surface area contributed by atoms with Gasteiger partial charge in [0.25, 0.3) is 5.91 Å². The first-order chi connectivity index (χ1) is 14.8. The molecule has 0 bridgehead atoms. The molecular weight excluding hydrogens is 410 g/mol. The minimum absolute atomic E-state index is 0.0605.